The second kappa shape index (κ2) is 5.87. The molecule has 5 aromatic rings. The van der Waals surface area contributed by atoms with Gasteiger partial charge >= 0.3 is 0 Å². The highest BCUT2D eigenvalue weighted by molar-refractivity contribution is 7.12. The third-order valence-corrected chi connectivity index (χ3v) is 6.57. The van der Waals surface area contributed by atoms with Gasteiger partial charge in [-0.3, -0.25) is 14.0 Å². The summed E-state index contributed by atoms with van der Waals surface area (Å²) in [7, 11) is 0. The van der Waals surface area contributed by atoms with Gasteiger partial charge in [-0.15, -0.1) is 0 Å². The van der Waals surface area contributed by atoms with Crippen LogP contribution in [0, 0.1) is 5.82 Å². The molecule has 4 nitrogen and oxygen atoms in total. The van der Waals surface area contributed by atoms with Crippen molar-refractivity contribution in [3.8, 4) is 11.1 Å². The maximum Gasteiger partial charge on any atom is 0.271 e. The van der Waals surface area contributed by atoms with Crippen molar-refractivity contribution >= 4 is 43.4 Å². The smallest absolute Gasteiger partial charge is 0.271 e. The van der Waals surface area contributed by atoms with Crippen LogP contribution in [0.15, 0.2) is 64.2 Å². The van der Waals surface area contributed by atoms with E-state index in [1.165, 1.54) is 17.6 Å². The van der Waals surface area contributed by atoms with Crippen LogP contribution in [-0.2, 0) is 0 Å². The maximum absolute atomic E-state index is 15.1. The van der Waals surface area contributed by atoms with Gasteiger partial charge in [-0.25, -0.2) is 4.39 Å². The molecule has 6 rings (SSSR count). The Morgan fingerprint density at radius 3 is 2.59 bits per heavy atom. The molecule has 1 aliphatic carbocycles. The molecule has 29 heavy (non-hydrogen) atoms. The first kappa shape index (κ1) is 16.7. The Labute approximate surface area is 168 Å². The van der Waals surface area contributed by atoms with Gasteiger partial charge in [0, 0.05) is 17.0 Å². The molecule has 2 heterocycles. The second-order valence-electron chi connectivity index (χ2n) is 7.55. The molecule has 0 bridgehead atoms. The van der Waals surface area contributed by atoms with Crippen molar-refractivity contribution in [2.45, 2.75) is 18.9 Å². The van der Waals surface area contributed by atoms with E-state index in [9.17, 15) is 9.59 Å². The SMILES string of the molecule is O=c1[nH]sc2c1c(=O)c1cc(F)c(-c3ccc4ccccc4c3)cc1n2C1CC1. The van der Waals surface area contributed by atoms with Crippen LogP contribution < -0.4 is 11.0 Å². The first-order chi connectivity index (χ1) is 14.1. The lowest BCUT2D eigenvalue weighted by Crippen LogP contribution is -2.15. The molecule has 6 heteroatoms. The average Bonchev–Trinajstić information content (AvgIpc) is 3.50. The number of fused-ring (bicyclic) bond motifs is 3. The van der Waals surface area contributed by atoms with Gasteiger partial charge in [-0.05, 0) is 58.9 Å². The van der Waals surface area contributed by atoms with Gasteiger partial charge in [0.15, 0.2) is 0 Å². The Hall–Kier alpha value is -3.25. The number of pyridine rings is 1. The fraction of sp³-hybridized carbons (Fsp3) is 0.130. The normalized spacial score (nSPS) is 14.2. The van der Waals surface area contributed by atoms with Crippen LogP contribution >= 0.6 is 11.5 Å². The van der Waals surface area contributed by atoms with E-state index in [-0.39, 0.29) is 16.8 Å². The molecule has 0 atom stereocenters. The van der Waals surface area contributed by atoms with E-state index in [1.54, 1.807) is 6.07 Å². The number of aromatic amines is 1. The summed E-state index contributed by atoms with van der Waals surface area (Å²) in [5.74, 6) is -0.460. The predicted octanol–water partition coefficient (Wildman–Crippen LogP) is 5.20. The molecule has 0 amide bonds. The third-order valence-electron chi connectivity index (χ3n) is 5.69. The summed E-state index contributed by atoms with van der Waals surface area (Å²) in [5, 5.41) is 2.51. The minimum atomic E-state index is -0.460. The van der Waals surface area contributed by atoms with Crippen LogP contribution in [0.3, 0.4) is 0 Å². The first-order valence-electron chi connectivity index (χ1n) is 9.50. The molecule has 0 saturated heterocycles. The van der Waals surface area contributed by atoms with Crippen molar-refractivity contribution in [1.82, 2.24) is 8.94 Å². The van der Waals surface area contributed by atoms with Crippen molar-refractivity contribution in [1.29, 1.82) is 0 Å². The molecule has 0 aliphatic heterocycles. The summed E-state index contributed by atoms with van der Waals surface area (Å²) in [6.45, 7) is 0. The topological polar surface area (TPSA) is 54.9 Å². The third kappa shape index (κ3) is 2.42. The zero-order valence-electron chi connectivity index (χ0n) is 15.2. The summed E-state index contributed by atoms with van der Waals surface area (Å²) in [6.07, 6.45) is 1.98. The molecule has 1 saturated carbocycles. The number of hydrogen-bond donors (Lipinski definition) is 1. The van der Waals surface area contributed by atoms with Gasteiger partial charge in [0.25, 0.3) is 5.56 Å². The lowest BCUT2D eigenvalue weighted by molar-refractivity contribution is 0.632. The van der Waals surface area contributed by atoms with Crippen molar-refractivity contribution in [2.75, 3.05) is 0 Å². The quantitative estimate of drug-likeness (QED) is 0.441. The number of rotatable bonds is 2. The molecule has 1 fully saturated rings. The molecule has 0 unspecified atom stereocenters. The summed E-state index contributed by atoms with van der Waals surface area (Å²) in [5.41, 5.74) is 1.10. The van der Waals surface area contributed by atoms with Crippen LogP contribution in [0.2, 0.25) is 0 Å². The Kier molecular flexibility index (Phi) is 3.38. The fourth-order valence-electron chi connectivity index (χ4n) is 4.12. The van der Waals surface area contributed by atoms with E-state index in [0.717, 1.165) is 29.2 Å². The van der Waals surface area contributed by atoms with Crippen molar-refractivity contribution < 1.29 is 4.39 Å². The number of benzene rings is 3. The number of nitrogens with zero attached hydrogens (tertiary/aromatic N) is 1. The lowest BCUT2D eigenvalue weighted by Gasteiger charge is -2.14. The van der Waals surface area contributed by atoms with Gasteiger partial charge in [-0.1, -0.05) is 36.4 Å². The van der Waals surface area contributed by atoms with E-state index in [0.29, 0.717) is 15.9 Å². The summed E-state index contributed by atoms with van der Waals surface area (Å²) in [4.78, 5) is 25.8. The van der Waals surface area contributed by atoms with Gasteiger partial charge in [0.05, 0.1) is 5.52 Å². The predicted molar refractivity (Wildman–Crippen MR) is 115 cm³/mol. The van der Waals surface area contributed by atoms with Crippen molar-refractivity contribution in [2.24, 2.45) is 0 Å². The van der Waals surface area contributed by atoms with Crippen LogP contribution in [0.1, 0.15) is 18.9 Å². The molecule has 0 spiro atoms. The number of H-pyrrole nitrogens is 1. The molecular weight excluding hydrogens is 387 g/mol. The molecule has 0 radical (unpaired) electrons. The van der Waals surface area contributed by atoms with Crippen LogP contribution in [0.25, 0.3) is 43.0 Å². The number of nitrogens with one attached hydrogen (secondary N) is 1. The fourth-order valence-corrected chi connectivity index (χ4v) is 5.05. The van der Waals surface area contributed by atoms with Crippen molar-refractivity contribution in [3.05, 3.63) is 81.0 Å². The van der Waals surface area contributed by atoms with E-state index < -0.39 is 16.8 Å². The first-order valence-corrected chi connectivity index (χ1v) is 10.3. The molecule has 3 aromatic carbocycles. The average molecular weight is 402 g/mol. The van der Waals surface area contributed by atoms with Crippen molar-refractivity contribution in [3.63, 3.8) is 0 Å². The molecule has 1 N–H and O–H groups in total. The highest BCUT2D eigenvalue weighted by Gasteiger charge is 2.29. The van der Waals surface area contributed by atoms with Gasteiger partial charge in [0.1, 0.15) is 16.0 Å². The number of halogens is 1. The Morgan fingerprint density at radius 1 is 1.00 bits per heavy atom. The Bertz CT molecular complexity index is 1570. The number of hydrogen-bond acceptors (Lipinski definition) is 3. The van der Waals surface area contributed by atoms with Gasteiger partial charge in [-0.2, -0.15) is 0 Å². The highest BCUT2D eigenvalue weighted by Crippen LogP contribution is 2.41. The Balaban J connectivity index is 1.71. The monoisotopic (exact) mass is 402 g/mol. The van der Waals surface area contributed by atoms with Crippen LogP contribution in [0.5, 0.6) is 0 Å². The van der Waals surface area contributed by atoms with Gasteiger partial charge < -0.3 is 4.57 Å². The van der Waals surface area contributed by atoms with Crippen LogP contribution in [0.4, 0.5) is 4.39 Å². The van der Waals surface area contributed by atoms with E-state index >= 15 is 4.39 Å². The second-order valence-corrected chi connectivity index (χ2v) is 8.35. The van der Waals surface area contributed by atoms with E-state index in [1.807, 2.05) is 47.0 Å². The summed E-state index contributed by atoms with van der Waals surface area (Å²) < 4.78 is 19.8. The molecule has 2 aromatic heterocycles. The largest absolute Gasteiger partial charge is 0.328 e. The van der Waals surface area contributed by atoms with E-state index in [2.05, 4.69) is 4.37 Å². The van der Waals surface area contributed by atoms with Gasteiger partial charge in [0.2, 0.25) is 5.43 Å². The van der Waals surface area contributed by atoms with Crippen LogP contribution in [-0.4, -0.2) is 8.94 Å². The minimum absolute atomic E-state index is 0.132. The maximum atomic E-state index is 15.1. The Morgan fingerprint density at radius 2 is 1.79 bits per heavy atom. The molecular formula is C23H15FN2O2S. The lowest BCUT2D eigenvalue weighted by atomic mass is 9.99. The van der Waals surface area contributed by atoms with E-state index in [4.69, 9.17) is 0 Å². The summed E-state index contributed by atoms with van der Waals surface area (Å²) in [6, 6.07) is 17.1. The molecule has 142 valence electrons. The summed E-state index contributed by atoms with van der Waals surface area (Å²) >= 11 is 1.18. The zero-order chi connectivity index (χ0) is 19.7. The minimum Gasteiger partial charge on any atom is -0.328 e. The number of aromatic nitrogens is 2. The standard InChI is InChI=1S/C23H15FN2O2S/c24-18-10-17-19(11-16(18)14-6-5-12-3-1-2-4-13(12)9-14)26(15-7-8-15)23-20(21(17)27)22(28)25-29-23/h1-6,9-11,15H,7-8H2,(H,25,28). The highest BCUT2D eigenvalue weighted by atomic mass is 32.1. The zero-order valence-corrected chi connectivity index (χ0v) is 16.1. The molecule has 1 aliphatic rings.